The van der Waals surface area contributed by atoms with Crippen LogP contribution in [0, 0.1) is 0 Å². The molecule has 0 aliphatic rings. The Morgan fingerprint density at radius 2 is 0.518 bits per heavy atom. The molecule has 0 radical (unpaired) electrons. The third-order valence-corrected chi connectivity index (χ3v) is 21.3. The topological polar surface area (TPSA) is 113 Å². The van der Waals surface area contributed by atoms with Crippen molar-refractivity contribution in [1.29, 1.82) is 0 Å². The maximum absolute atomic E-state index is 6.73. The van der Waals surface area contributed by atoms with Crippen LogP contribution < -0.4 is 0 Å². The van der Waals surface area contributed by atoms with Gasteiger partial charge < -0.3 is 18.0 Å². The van der Waals surface area contributed by atoms with Gasteiger partial charge in [0.2, 0.25) is 0 Å². The summed E-state index contributed by atoms with van der Waals surface area (Å²) in [4.78, 5) is 30.8. The van der Waals surface area contributed by atoms with Crippen LogP contribution in [0.25, 0.3) is 212 Å². The number of benzene rings is 16. The molecule has 0 unspecified atom stereocenters. The molecule has 0 aliphatic carbocycles. The van der Waals surface area contributed by atoms with Crippen LogP contribution in [0.1, 0.15) is 0 Å². The number of hydrogen-bond acceptors (Lipinski definition) is 8. The minimum atomic E-state index is 0.598. The molecule has 0 spiro atoms. The van der Waals surface area contributed by atoms with Gasteiger partial charge in [-0.1, -0.05) is 297 Å². The maximum atomic E-state index is 6.73. The van der Waals surface area contributed by atoms with Gasteiger partial charge in [0.15, 0.2) is 34.9 Å². The number of aromatic nitrogens is 8. The van der Waals surface area contributed by atoms with Gasteiger partial charge in [0, 0.05) is 87.8 Å². The highest BCUT2D eigenvalue weighted by Crippen LogP contribution is 2.48. The molecule has 10 heteroatoms. The summed E-state index contributed by atoms with van der Waals surface area (Å²) in [6.45, 7) is 0. The highest BCUT2D eigenvalue weighted by Gasteiger charge is 2.26. The largest absolute Gasteiger partial charge is 0.456 e. The summed E-state index contributed by atoms with van der Waals surface area (Å²) >= 11 is 0. The second-order valence-electron chi connectivity index (χ2n) is 28.0. The van der Waals surface area contributed by atoms with Crippen LogP contribution >= 0.6 is 0 Å². The molecule has 0 N–H and O–H groups in total. The van der Waals surface area contributed by atoms with Crippen molar-refractivity contribution in [1.82, 2.24) is 39.0 Å². The smallest absolute Gasteiger partial charge is 0.164 e. The second kappa shape index (κ2) is 27.5. The average molecular weight is 1430 g/mol. The van der Waals surface area contributed by atoms with Gasteiger partial charge in [0.25, 0.3) is 0 Å². The monoisotopic (exact) mass is 1430 g/mol. The standard InChI is InChI=1S/2C51H32N4O/c1-5-16-33(17-6-1)36-28-29-38(41(32-36)51-53-49(34-18-7-2-8-19-34)52-50(54-51)35-20-9-3-10-21-35)39-25-15-27-44-47(39)48-45(56-44)31-30-43-46(48)40-24-13-14-26-42(40)55(43)37-22-11-4-12-23-37;1-5-15-33(16-6-1)36-25-27-39(41(31-36)51-53-49(34-17-7-2-8-18-34)52-50(54-51)35-19-9-3-10-20-35)37-26-29-45-42(32-37)48-46(56-45)30-28-44-47(48)40-23-13-14-24-43(40)55(44)38-21-11-4-12-22-38/h2*1-32H. The Morgan fingerprint density at radius 1 is 0.170 bits per heavy atom. The number of hydrogen-bond donors (Lipinski definition) is 0. The first-order chi connectivity index (χ1) is 55.5. The zero-order chi connectivity index (χ0) is 74.0. The fourth-order valence-corrected chi connectivity index (χ4v) is 16.2. The fraction of sp³-hybridized carbons (Fsp3) is 0. The molecule has 6 aromatic heterocycles. The summed E-state index contributed by atoms with van der Waals surface area (Å²) in [6, 6.07) is 135. The predicted octanol–water partition coefficient (Wildman–Crippen LogP) is 26.4. The van der Waals surface area contributed by atoms with E-state index in [0.29, 0.717) is 34.9 Å². The molecule has 0 aliphatic heterocycles. The number of nitrogens with zero attached hydrogens (tertiary/aromatic N) is 8. The Labute approximate surface area is 643 Å². The Hall–Kier alpha value is -15.3. The van der Waals surface area contributed by atoms with Gasteiger partial charge in [-0.3, -0.25) is 0 Å². The molecule has 16 aromatic carbocycles. The van der Waals surface area contributed by atoms with E-state index in [1.165, 1.54) is 16.2 Å². The van der Waals surface area contributed by atoms with Crippen LogP contribution in [0.4, 0.5) is 0 Å². The van der Waals surface area contributed by atoms with Crippen LogP contribution in [0.5, 0.6) is 0 Å². The molecule has 22 aromatic rings. The molecule has 0 atom stereocenters. The Bertz CT molecular complexity index is 7220. The van der Waals surface area contributed by atoms with E-state index in [0.717, 1.165) is 161 Å². The summed E-state index contributed by atoms with van der Waals surface area (Å²) in [5, 5.41) is 8.99. The van der Waals surface area contributed by atoms with Crippen molar-refractivity contribution in [3.63, 3.8) is 0 Å². The van der Waals surface area contributed by atoms with Crippen molar-refractivity contribution in [3.8, 4) is 124 Å². The van der Waals surface area contributed by atoms with E-state index in [9.17, 15) is 0 Å². The molecule has 10 nitrogen and oxygen atoms in total. The van der Waals surface area contributed by atoms with E-state index in [1.54, 1.807) is 0 Å². The third kappa shape index (κ3) is 11.4. The summed E-state index contributed by atoms with van der Waals surface area (Å²) in [5.41, 5.74) is 24.2. The summed E-state index contributed by atoms with van der Waals surface area (Å²) in [6.07, 6.45) is 0. The van der Waals surface area contributed by atoms with E-state index in [1.807, 2.05) is 133 Å². The minimum absolute atomic E-state index is 0.598. The SMILES string of the molecule is c1ccc(-c2ccc(-c3ccc4oc5ccc6c(c7ccccc7n6-c6ccccc6)c5c4c3)c(-c3nc(-c4ccccc4)nc(-c4ccccc4)n3)c2)cc1.c1ccc(-c2ccc(-c3cccc4oc5ccc6c(c7ccccc7n6-c6ccccc6)c5c34)c(-c3nc(-c4ccccc4)nc(-c4ccccc4)n3)c2)cc1. The number of furan rings is 2. The number of para-hydroxylation sites is 4. The lowest BCUT2D eigenvalue weighted by Crippen LogP contribution is -2.01. The molecule has 0 amide bonds. The van der Waals surface area contributed by atoms with Gasteiger partial charge in [-0.05, 0) is 136 Å². The second-order valence-corrected chi connectivity index (χ2v) is 28.0. The highest BCUT2D eigenvalue weighted by molar-refractivity contribution is 6.30. The van der Waals surface area contributed by atoms with Crippen LogP contribution in [0.2, 0.25) is 0 Å². The van der Waals surface area contributed by atoms with E-state index in [4.69, 9.17) is 38.7 Å². The quantitative estimate of drug-likeness (QED) is 0.119. The molecular formula is C102H64N8O2. The molecule has 0 saturated carbocycles. The van der Waals surface area contributed by atoms with E-state index in [-0.39, 0.29) is 0 Å². The first-order valence-electron chi connectivity index (χ1n) is 37.6. The minimum Gasteiger partial charge on any atom is -0.456 e. The van der Waals surface area contributed by atoms with Gasteiger partial charge in [0.05, 0.1) is 22.1 Å². The van der Waals surface area contributed by atoms with E-state index >= 15 is 0 Å². The van der Waals surface area contributed by atoms with Gasteiger partial charge in [-0.15, -0.1) is 0 Å². The van der Waals surface area contributed by atoms with E-state index in [2.05, 4.69) is 264 Å². The molecule has 0 saturated heterocycles. The highest BCUT2D eigenvalue weighted by atomic mass is 16.3. The molecule has 0 fully saturated rings. The normalized spacial score (nSPS) is 11.6. The Morgan fingerprint density at radius 3 is 0.982 bits per heavy atom. The van der Waals surface area contributed by atoms with Gasteiger partial charge in [0.1, 0.15) is 22.3 Å². The lowest BCUT2D eigenvalue weighted by atomic mass is 9.91. The summed E-state index contributed by atoms with van der Waals surface area (Å²) in [5.74, 6) is 3.69. The zero-order valence-electron chi connectivity index (χ0n) is 60.3. The maximum Gasteiger partial charge on any atom is 0.164 e. The lowest BCUT2D eigenvalue weighted by Gasteiger charge is -2.15. The lowest BCUT2D eigenvalue weighted by molar-refractivity contribution is 0.669. The van der Waals surface area contributed by atoms with Crippen molar-refractivity contribution in [3.05, 3.63) is 388 Å². The van der Waals surface area contributed by atoms with Crippen molar-refractivity contribution < 1.29 is 8.83 Å². The van der Waals surface area contributed by atoms with Crippen molar-refractivity contribution in [2.75, 3.05) is 0 Å². The third-order valence-electron chi connectivity index (χ3n) is 21.3. The average Bonchev–Trinajstić information content (AvgIpc) is 1.55. The van der Waals surface area contributed by atoms with Gasteiger partial charge >= 0.3 is 0 Å². The molecule has 6 heterocycles. The van der Waals surface area contributed by atoms with Crippen LogP contribution in [0.3, 0.4) is 0 Å². The number of rotatable bonds is 12. The molecule has 524 valence electrons. The Kier molecular flexibility index (Phi) is 16.0. The van der Waals surface area contributed by atoms with Crippen molar-refractivity contribution in [2.24, 2.45) is 0 Å². The van der Waals surface area contributed by atoms with Crippen molar-refractivity contribution >= 4 is 87.5 Å². The summed E-state index contributed by atoms with van der Waals surface area (Å²) < 4.78 is 18.0. The molecule has 112 heavy (non-hydrogen) atoms. The predicted molar refractivity (Wildman–Crippen MR) is 457 cm³/mol. The van der Waals surface area contributed by atoms with Gasteiger partial charge in [-0.25, -0.2) is 29.9 Å². The Balaban J connectivity index is 0.000000141. The summed E-state index contributed by atoms with van der Waals surface area (Å²) in [7, 11) is 0. The molecule has 0 bridgehead atoms. The first kappa shape index (κ1) is 65.1. The number of fused-ring (bicyclic) bond motifs is 14. The van der Waals surface area contributed by atoms with Crippen molar-refractivity contribution in [2.45, 2.75) is 0 Å². The fourth-order valence-electron chi connectivity index (χ4n) is 16.2. The van der Waals surface area contributed by atoms with Crippen LogP contribution in [-0.2, 0) is 0 Å². The molecule has 22 rings (SSSR count). The zero-order valence-corrected chi connectivity index (χ0v) is 60.3. The van der Waals surface area contributed by atoms with Gasteiger partial charge in [-0.2, -0.15) is 0 Å². The van der Waals surface area contributed by atoms with Crippen LogP contribution in [-0.4, -0.2) is 39.0 Å². The van der Waals surface area contributed by atoms with E-state index < -0.39 is 0 Å². The molecular weight excluding hydrogens is 1370 g/mol. The van der Waals surface area contributed by atoms with Crippen LogP contribution in [0.15, 0.2) is 397 Å². The first-order valence-corrected chi connectivity index (χ1v) is 37.6.